The monoisotopic (exact) mass is 304 g/mol. The zero-order valence-electron chi connectivity index (χ0n) is 14.3. The molecule has 0 saturated heterocycles. The predicted molar refractivity (Wildman–Crippen MR) is 91.0 cm³/mol. The van der Waals surface area contributed by atoms with Crippen molar-refractivity contribution in [3.63, 3.8) is 0 Å². The Morgan fingerprint density at radius 2 is 1.50 bits per heavy atom. The molecule has 1 rings (SSSR count). The third kappa shape index (κ3) is 5.51. The van der Waals surface area contributed by atoms with Gasteiger partial charge < -0.3 is 9.80 Å². The molecule has 0 bridgehead atoms. The van der Waals surface area contributed by atoms with E-state index in [0.29, 0.717) is 13.0 Å². The summed E-state index contributed by atoms with van der Waals surface area (Å²) in [4.78, 5) is 27.8. The van der Waals surface area contributed by atoms with Crippen LogP contribution in [0.1, 0.15) is 45.6 Å². The van der Waals surface area contributed by atoms with Gasteiger partial charge in [0.25, 0.3) is 0 Å². The van der Waals surface area contributed by atoms with Crippen LogP contribution in [-0.2, 0) is 9.59 Å². The highest BCUT2D eigenvalue weighted by Crippen LogP contribution is 2.16. The molecule has 4 nitrogen and oxygen atoms in total. The first kappa shape index (κ1) is 18.2. The predicted octanol–water partition coefficient (Wildman–Crippen LogP) is 3.39. The molecule has 0 N–H and O–H groups in total. The summed E-state index contributed by atoms with van der Waals surface area (Å²) >= 11 is 0. The van der Waals surface area contributed by atoms with Gasteiger partial charge in [0.2, 0.25) is 11.8 Å². The molecule has 0 aliphatic carbocycles. The van der Waals surface area contributed by atoms with Crippen LogP contribution < -0.4 is 4.90 Å². The molecule has 0 aliphatic heterocycles. The van der Waals surface area contributed by atoms with Crippen molar-refractivity contribution < 1.29 is 9.59 Å². The second kappa shape index (κ2) is 9.23. The number of nitrogens with zero attached hydrogens (tertiary/aromatic N) is 2. The second-order valence-corrected chi connectivity index (χ2v) is 5.64. The lowest BCUT2D eigenvalue weighted by Gasteiger charge is -2.25. The van der Waals surface area contributed by atoms with Crippen LogP contribution in [0.25, 0.3) is 0 Å². The van der Waals surface area contributed by atoms with Crippen molar-refractivity contribution in [3.8, 4) is 0 Å². The number of hydrogen-bond donors (Lipinski definition) is 0. The van der Waals surface area contributed by atoms with Crippen molar-refractivity contribution >= 4 is 17.5 Å². The minimum absolute atomic E-state index is 0.0332. The third-order valence-electron chi connectivity index (χ3n) is 3.61. The Hall–Kier alpha value is -1.84. The Balaban J connectivity index is 2.69. The topological polar surface area (TPSA) is 40.6 Å². The number of benzene rings is 1. The summed E-state index contributed by atoms with van der Waals surface area (Å²) in [6.45, 7) is 9.71. The number of anilines is 1. The van der Waals surface area contributed by atoms with Gasteiger partial charge in [-0.1, -0.05) is 31.5 Å². The Kier molecular flexibility index (Phi) is 7.64. The van der Waals surface area contributed by atoms with Crippen LogP contribution in [0.15, 0.2) is 24.3 Å². The van der Waals surface area contributed by atoms with Gasteiger partial charge in [-0.2, -0.15) is 0 Å². The van der Waals surface area contributed by atoms with Crippen LogP contribution in [0.3, 0.4) is 0 Å². The average molecular weight is 304 g/mol. The lowest BCUT2D eigenvalue weighted by atomic mass is 10.2. The standard InChI is InChI=1S/C18H28N2O2/c1-5-12-19(13-6-2)18(22)11-14-20(16(4)21)17-9-7-15(3)8-10-17/h7-10H,5-6,11-14H2,1-4H3. The molecule has 22 heavy (non-hydrogen) atoms. The van der Waals surface area contributed by atoms with E-state index in [4.69, 9.17) is 0 Å². The fourth-order valence-corrected chi connectivity index (χ4v) is 2.46. The minimum atomic E-state index is -0.0332. The van der Waals surface area contributed by atoms with Gasteiger partial charge in [-0.3, -0.25) is 9.59 Å². The number of carbonyl (C=O) groups is 2. The van der Waals surface area contributed by atoms with E-state index in [1.165, 1.54) is 0 Å². The van der Waals surface area contributed by atoms with E-state index in [9.17, 15) is 9.59 Å². The first-order chi connectivity index (χ1) is 10.5. The molecule has 4 heteroatoms. The van der Waals surface area contributed by atoms with Gasteiger partial charge in [0.1, 0.15) is 0 Å². The van der Waals surface area contributed by atoms with Crippen molar-refractivity contribution in [2.45, 2.75) is 47.0 Å². The highest BCUT2D eigenvalue weighted by Gasteiger charge is 2.16. The highest BCUT2D eigenvalue weighted by molar-refractivity contribution is 5.92. The van der Waals surface area contributed by atoms with Crippen molar-refractivity contribution in [1.29, 1.82) is 0 Å². The molecule has 0 aliphatic rings. The molecule has 1 aromatic carbocycles. The molecule has 0 radical (unpaired) electrons. The van der Waals surface area contributed by atoms with Crippen LogP contribution in [-0.4, -0.2) is 36.3 Å². The summed E-state index contributed by atoms with van der Waals surface area (Å²) in [5.74, 6) is 0.0937. The number of rotatable bonds is 8. The number of hydrogen-bond acceptors (Lipinski definition) is 2. The molecule has 0 saturated carbocycles. The summed E-state index contributed by atoms with van der Waals surface area (Å²) in [7, 11) is 0. The smallest absolute Gasteiger partial charge is 0.224 e. The van der Waals surface area contributed by atoms with E-state index in [0.717, 1.165) is 37.2 Å². The first-order valence-electron chi connectivity index (χ1n) is 8.12. The minimum Gasteiger partial charge on any atom is -0.343 e. The fraction of sp³-hybridized carbons (Fsp3) is 0.556. The number of carbonyl (C=O) groups excluding carboxylic acids is 2. The van der Waals surface area contributed by atoms with Gasteiger partial charge in [-0.05, 0) is 31.9 Å². The van der Waals surface area contributed by atoms with Crippen LogP contribution in [0, 0.1) is 6.92 Å². The van der Waals surface area contributed by atoms with Gasteiger partial charge in [-0.25, -0.2) is 0 Å². The van der Waals surface area contributed by atoms with Gasteiger partial charge >= 0.3 is 0 Å². The van der Waals surface area contributed by atoms with Gasteiger partial charge in [0, 0.05) is 38.7 Å². The quantitative estimate of drug-likeness (QED) is 0.738. The van der Waals surface area contributed by atoms with E-state index in [1.807, 2.05) is 36.1 Å². The van der Waals surface area contributed by atoms with E-state index in [2.05, 4.69) is 13.8 Å². The lowest BCUT2D eigenvalue weighted by molar-refractivity contribution is -0.131. The van der Waals surface area contributed by atoms with Gasteiger partial charge in [0.05, 0.1) is 0 Å². The maximum atomic E-state index is 12.3. The largest absolute Gasteiger partial charge is 0.343 e. The summed E-state index contributed by atoms with van der Waals surface area (Å²) in [5, 5.41) is 0. The van der Waals surface area contributed by atoms with E-state index < -0.39 is 0 Å². The second-order valence-electron chi connectivity index (χ2n) is 5.64. The molecule has 0 aromatic heterocycles. The lowest BCUT2D eigenvalue weighted by Crippen LogP contribution is -2.37. The summed E-state index contributed by atoms with van der Waals surface area (Å²) in [6.07, 6.45) is 2.29. The normalized spacial score (nSPS) is 10.4. The Morgan fingerprint density at radius 1 is 0.955 bits per heavy atom. The highest BCUT2D eigenvalue weighted by atomic mass is 16.2. The molecule has 0 heterocycles. The fourth-order valence-electron chi connectivity index (χ4n) is 2.46. The van der Waals surface area contributed by atoms with Crippen molar-refractivity contribution in [1.82, 2.24) is 4.90 Å². The molecule has 1 aromatic rings. The van der Waals surface area contributed by atoms with Crippen molar-refractivity contribution in [2.24, 2.45) is 0 Å². The van der Waals surface area contributed by atoms with Crippen molar-refractivity contribution in [3.05, 3.63) is 29.8 Å². The average Bonchev–Trinajstić information content (AvgIpc) is 2.48. The van der Waals surface area contributed by atoms with Crippen molar-refractivity contribution in [2.75, 3.05) is 24.5 Å². The van der Waals surface area contributed by atoms with E-state index in [1.54, 1.807) is 11.8 Å². The molecule has 0 fully saturated rings. The third-order valence-corrected chi connectivity index (χ3v) is 3.61. The maximum Gasteiger partial charge on any atom is 0.224 e. The Bertz CT molecular complexity index is 476. The van der Waals surface area contributed by atoms with Crippen LogP contribution in [0.5, 0.6) is 0 Å². The maximum absolute atomic E-state index is 12.3. The molecule has 0 unspecified atom stereocenters. The number of amides is 2. The molecular weight excluding hydrogens is 276 g/mol. The van der Waals surface area contributed by atoms with Gasteiger partial charge in [0.15, 0.2) is 0 Å². The van der Waals surface area contributed by atoms with E-state index in [-0.39, 0.29) is 11.8 Å². The van der Waals surface area contributed by atoms with Crippen LogP contribution in [0.2, 0.25) is 0 Å². The summed E-state index contributed by atoms with van der Waals surface area (Å²) in [5.41, 5.74) is 2.00. The summed E-state index contributed by atoms with van der Waals surface area (Å²) < 4.78 is 0. The molecule has 122 valence electrons. The zero-order chi connectivity index (χ0) is 16.5. The molecule has 0 spiro atoms. The SMILES string of the molecule is CCCN(CCC)C(=O)CCN(C(C)=O)c1ccc(C)cc1. The number of aryl methyl sites for hydroxylation is 1. The van der Waals surface area contributed by atoms with E-state index >= 15 is 0 Å². The van der Waals surface area contributed by atoms with Crippen LogP contribution >= 0.6 is 0 Å². The molecule has 0 atom stereocenters. The van der Waals surface area contributed by atoms with Crippen LogP contribution in [0.4, 0.5) is 5.69 Å². The summed E-state index contributed by atoms with van der Waals surface area (Å²) in [6, 6.07) is 7.81. The Morgan fingerprint density at radius 3 is 1.95 bits per heavy atom. The molecule has 2 amide bonds. The first-order valence-corrected chi connectivity index (χ1v) is 8.12. The zero-order valence-corrected chi connectivity index (χ0v) is 14.3. The molecular formula is C18H28N2O2. The Labute approximate surface area is 134 Å². The van der Waals surface area contributed by atoms with Gasteiger partial charge in [-0.15, -0.1) is 0 Å².